The van der Waals surface area contributed by atoms with Crippen LogP contribution in [0.3, 0.4) is 0 Å². The molecule has 0 radical (unpaired) electrons. The molecule has 15 heavy (non-hydrogen) atoms. The van der Waals surface area contributed by atoms with Crippen LogP contribution in [0.4, 0.5) is 5.69 Å². The summed E-state index contributed by atoms with van der Waals surface area (Å²) >= 11 is 1.55. The Bertz CT molecular complexity index is 330. The Labute approximate surface area is 94.9 Å². The molecular weight excluding hydrogens is 206 g/mol. The standard InChI is InChI=1S/C12H17NOS/c1-2-3-6-13(10-4-5-10)11-7-12(8-14)15-9-11/h7-10H,2-6H2,1H3. The Morgan fingerprint density at radius 2 is 2.40 bits per heavy atom. The minimum atomic E-state index is 0.741. The van der Waals surface area contributed by atoms with E-state index >= 15 is 0 Å². The summed E-state index contributed by atoms with van der Waals surface area (Å²) in [7, 11) is 0. The molecule has 0 saturated heterocycles. The summed E-state index contributed by atoms with van der Waals surface area (Å²) in [5, 5.41) is 2.11. The van der Waals surface area contributed by atoms with E-state index < -0.39 is 0 Å². The second-order valence-corrected chi connectivity index (χ2v) is 5.05. The molecule has 0 N–H and O–H groups in total. The quantitative estimate of drug-likeness (QED) is 0.689. The summed E-state index contributed by atoms with van der Waals surface area (Å²) < 4.78 is 0. The van der Waals surface area contributed by atoms with Crippen LogP contribution < -0.4 is 4.90 Å². The molecule has 3 heteroatoms. The monoisotopic (exact) mass is 223 g/mol. The number of hydrogen-bond donors (Lipinski definition) is 0. The predicted molar refractivity (Wildman–Crippen MR) is 65.0 cm³/mol. The lowest BCUT2D eigenvalue weighted by molar-refractivity contribution is 0.112. The average molecular weight is 223 g/mol. The third-order valence-electron chi connectivity index (χ3n) is 2.79. The number of nitrogens with zero attached hydrogens (tertiary/aromatic N) is 1. The number of aldehydes is 1. The van der Waals surface area contributed by atoms with Crippen molar-refractivity contribution in [3.05, 3.63) is 16.3 Å². The minimum absolute atomic E-state index is 0.741. The highest BCUT2D eigenvalue weighted by Gasteiger charge is 2.29. The van der Waals surface area contributed by atoms with Crippen LogP contribution in [-0.4, -0.2) is 18.9 Å². The number of unbranched alkanes of at least 4 members (excludes halogenated alkanes) is 1. The van der Waals surface area contributed by atoms with Gasteiger partial charge in [-0.2, -0.15) is 0 Å². The Hall–Kier alpha value is -0.830. The highest BCUT2D eigenvalue weighted by molar-refractivity contribution is 7.12. The van der Waals surface area contributed by atoms with Gasteiger partial charge < -0.3 is 4.90 Å². The van der Waals surface area contributed by atoms with E-state index in [1.165, 1.54) is 31.4 Å². The van der Waals surface area contributed by atoms with Crippen LogP contribution in [0.15, 0.2) is 11.4 Å². The SMILES string of the molecule is CCCCN(c1csc(C=O)c1)C1CC1. The van der Waals surface area contributed by atoms with Crippen LogP contribution in [0, 0.1) is 0 Å². The molecule has 0 amide bonds. The number of anilines is 1. The van der Waals surface area contributed by atoms with E-state index in [1.807, 2.05) is 6.07 Å². The molecule has 1 aliphatic rings. The number of carbonyl (C=O) groups excluding carboxylic acids is 1. The van der Waals surface area contributed by atoms with Crippen molar-refractivity contribution in [1.82, 2.24) is 0 Å². The Kier molecular flexibility index (Phi) is 3.41. The van der Waals surface area contributed by atoms with E-state index in [4.69, 9.17) is 0 Å². The maximum absolute atomic E-state index is 10.6. The van der Waals surface area contributed by atoms with Gasteiger partial charge in [0.05, 0.1) is 4.88 Å². The molecule has 0 atom stereocenters. The van der Waals surface area contributed by atoms with Crippen LogP contribution in [0.2, 0.25) is 0 Å². The number of carbonyl (C=O) groups is 1. The van der Waals surface area contributed by atoms with Gasteiger partial charge in [0.25, 0.3) is 0 Å². The molecule has 1 aromatic rings. The Morgan fingerprint density at radius 1 is 1.60 bits per heavy atom. The van der Waals surface area contributed by atoms with Gasteiger partial charge >= 0.3 is 0 Å². The molecule has 0 unspecified atom stereocenters. The van der Waals surface area contributed by atoms with Crippen LogP contribution in [0.1, 0.15) is 42.3 Å². The lowest BCUT2D eigenvalue weighted by Gasteiger charge is -2.22. The fourth-order valence-corrected chi connectivity index (χ4v) is 2.50. The molecule has 82 valence electrons. The van der Waals surface area contributed by atoms with E-state index in [0.717, 1.165) is 23.7 Å². The Morgan fingerprint density at radius 3 is 2.93 bits per heavy atom. The van der Waals surface area contributed by atoms with E-state index in [-0.39, 0.29) is 0 Å². The molecule has 0 bridgehead atoms. The third-order valence-corrected chi connectivity index (χ3v) is 3.64. The lowest BCUT2D eigenvalue weighted by Crippen LogP contribution is -2.26. The van der Waals surface area contributed by atoms with Crippen molar-refractivity contribution in [3.8, 4) is 0 Å². The fourth-order valence-electron chi connectivity index (χ4n) is 1.79. The van der Waals surface area contributed by atoms with Crippen molar-refractivity contribution < 1.29 is 4.79 Å². The van der Waals surface area contributed by atoms with Gasteiger partial charge in [0, 0.05) is 23.7 Å². The van der Waals surface area contributed by atoms with E-state index in [9.17, 15) is 4.79 Å². The number of thiophene rings is 1. The van der Waals surface area contributed by atoms with Gasteiger partial charge in [0.1, 0.15) is 0 Å². The first kappa shape index (κ1) is 10.7. The summed E-state index contributed by atoms with van der Waals surface area (Å²) in [6.45, 7) is 3.35. The van der Waals surface area contributed by atoms with Gasteiger partial charge in [-0.05, 0) is 25.3 Å². The normalized spacial score (nSPS) is 15.3. The van der Waals surface area contributed by atoms with Gasteiger partial charge in [0.15, 0.2) is 6.29 Å². The summed E-state index contributed by atoms with van der Waals surface area (Å²) in [4.78, 5) is 13.9. The summed E-state index contributed by atoms with van der Waals surface area (Å²) in [5.74, 6) is 0. The average Bonchev–Trinajstić information content (AvgIpc) is 2.97. The maximum Gasteiger partial charge on any atom is 0.160 e. The van der Waals surface area contributed by atoms with Crippen LogP contribution in [0.5, 0.6) is 0 Å². The molecule has 0 aliphatic heterocycles. The zero-order valence-corrected chi connectivity index (χ0v) is 9.93. The van der Waals surface area contributed by atoms with E-state index in [0.29, 0.717) is 0 Å². The molecule has 0 aromatic carbocycles. The van der Waals surface area contributed by atoms with Crippen molar-refractivity contribution in [2.45, 2.75) is 38.6 Å². The molecule has 1 heterocycles. The van der Waals surface area contributed by atoms with Crippen molar-refractivity contribution in [2.75, 3.05) is 11.4 Å². The van der Waals surface area contributed by atoms with Crippen molar-refractivity contribution >= 4 is 23.3 Å². The van der Waals surface area contributed by atoms with Gasteiger partial charge in [-0.15, -0.1) is 11.3 Å². The smallest absolute Gasteiger partial charge is 0.160 e. The van der Waals surface area contributed by atoms with Crippen LogP contribution >= 0.6 is 11.3 Å². The topological polar surface area (TPSA) is 20.3 Å². The first-order chi connectivity index (χ1) is 7.35. The maximum atomic E-state index is 10.6. The lowest BCUT2D eigenvalue weighted by atomic mass is 10.3. The number of hydrogen-bond acceptors (Lipinski definition) is 3. The first-order valence-corrected chi connectivity index (χ1v) is 6.53. The van der Waals surface area contributed by atoms with Crippen LogP contribution in [0.25, 0.3) is 0 Å². The van der Waals surface area contributed by atoms with E-state index in [2.05, 4.69) is 17.2 Å². The number of rotatable bonds is 6. The molecule has 1 fully saturated rings. The second kappa shape index (κ2) is 4.79. The summed E-state index contributed by atoms with van der Waals surface area (Å²) in [5.41, 5.74) is 1.25. The molecule has 1 saturated carbocycles. The van der Waals surface area contributed by atoms with Gasteiger partial charge in [0.2, 0.25) is 0 Å². The highest BCUT2D eigenvalue weighted by atomic mass is 32.1. The van der Waals surface area contributed by atoms with Crippen molar-refractivity contribution in [2.24, 2.45) is 0 Å². The molecule has 2 nitrogen and oxygen atoms in total. The predicted octanol–water partition coefficient (Wildman–Crippen LogP) is 3.33. The van der Waals surface area contributed by atoms with E-state index in [1.54, 1.807) is 11.3 Å². The molecule has 1 aromatic heterocycles. The fraction of sp³-hybridized carbons (Fsp3) is 0.583. The highest BCUT2D eigenvalue weighted by Crippen LogP contribution is 2.33. The van der Waals surface area contributed by atoms with Crippen molar-refractivity contribution in [1.29, 1.82) is 0 Å². The zero-order chi connectivity index (χ0) is 10.7. The summed E-state index contributed by atoms with van der Waals surface area (Å²) in [6.07, 6.45) is 6.04. The van der Waals surface area contributed by atoms with Gasteiger partial charge in [-0.3, -0.25) is 4.79 Å². The van der Waals surface area contributed by atoms with Crippen molar-refractivity contribution in [3.63, 3.8) is 0 Å². The first-order valence-electron chi connectivity index (χ1n) is 5.65. The molecular formula is C12H17NOS. The molecule has 2 rings (SSSR count). The minimum Gasteiger partial charge on any atom is -0.368 e. The third kappa shape index (κ3) is 2.59. The zero-order valence-electron chi connectivity index (χ0n) is 9.11. The van der Waals surface area contributed by atoms with Gasteiger partial charge in [-0.1, -0.05) is 13.3 Å². The Balaban J connectivity index is 2.05. The molecule has 1 aliphatic carbocycles. The largest absolute Gasteiger partial charge is 0.368 e. The van der Waals surface area contributed by atoms with Crippen LogP contribution in [-0.2, 0) is 0 Å². The molecule has 0 spiro atoms. The van der Waals surface area contributed by atoms with Gasteiger partial charge in [-0.25, -0.2) is 0 Å². The second-order valence-electron chi connectivity index (χ2n) is 4.10. The summed E-state index contributed by atoms with van der Waals surface area (Å²) in [6, 6.07) is 2.76.